The fourth-order valence-electron chi connectivity index (χ4n) is 9.58. The molecule has 58 heavy (non-hydrogen) atoms. The lowest BCUT2D eigenvalue weighted by Crippen LogP contribution is -2.04. The van der Waals surface area contributed by atoms with Gasteiger partial charge in [-0.3, -0.25) is 4.57 Å². The molecule has 0 bridgehead atoms. The molecule has 13 aromatic rings. The first kappa shape index (κ1) is 31.8. The lowest BCUT2D eigenvalue weighted by atomic mass is 9.94. The van der Waals surface area contributed by atoms with Gasteiger partial charge in [-0.05, 0) is 97.7 Å². The fourth-order valence-corrected chi connectivity index (χ4v) is 10.7. The summed E-state index contributed by atoms with van der Waals surface area (Å²) in [6.45, 7) is 0. The van der Waals surface area contributed by atoms with E-state index in [-0.39, 0.29) is 0 Å². The Morgan fingerprint density at radius 1 is 0.362 bits per heavy atom. The normalized spacial score (nSPS) is 12.1. The zero-order valence-electron chi connectivity index (χ0n) is 31.1. The largest absolute Gasteiger partial charge is 0.292 e. The van der Waals surface area contributed by atoms with E-state index < -0.39 is 0 Å². The Labute approximate surface area is 337 Å². The van der Waals surface area contributed by atoms with Crippen LogP contribution in [0.1, 0.15) is 0 Å². The number of hydrogen-bond acceptors (Lipinski definition) is 3. The molecule has 3 aromatic heterocycles. The van der Waals surface area contributed by atoms with Gasteiger partial charge < -0.3 is 0 Å². The van der Waals surface area contributed by atoms with Crippen molar-refractivity contribution in [3.05, 3.63) is 188 Å². The van der Waals surface area contributed by atoms with Crippen molar-refractivity contribution in [2.75, 3.05) is 0 Å². The number of rotatable bonds is 4. The van der Waals surface area contributed by atoms with E-state index in [4.69, 9.17) is 9.97 Å². The molecule has 0 radical (unpaired) electrons. The molecule has 0 saturated heterocycles. The van der Waals surface area contributed by atoms with E-state index in [1.54, 1.807) is 0 Å². The molecule has 0 unspecified atom stereocenters. The van der Waals surface area contributed by atoms with Crippen molar-refractivity contribution in [1.29, 1.82) is 0 Å². The predicted octanol–water partition coefficient (Wildman–Crippen LogP) is 15.0. The Bertz CT molecular complexity index is 3730. The monoisotopic (exact) mass is 753 g/mol. The Morgan fingerprint density at radius 2 is 0.948 bits per heavy atom. The van der Waals surface area contributed by atoms with E-state index in [0.717, 1.165) is 72.2 Å². The van der Waals surface area contributed by atoms with Crippen LogP contribution in [-0.4, -0.2) is 14.5 Å². The Kier molecular flexibility index (Phi) is 6.60. The molecule has 0 saturated carbocycles. The minimum absolute atomic E-state index is 0.817. The highest BCUT2D eigenvalue weighted by Crippen LogP contribution is 2.49. The van der Waals surface area contributed by atoms with Gasteiger partial charge >= 0.3 is 0 Å². The van der Waals surface area contributed by atoms with Gasteiger partial charge in [0, 0.05) is 41.9 Å². The van der Waals surface area contributed by atoms with Gasteiger partial charge in [-0.25, -0.2) is 9.97 Å². The smallest absolute Gasteiger partial charge is 0.165 e. The molecule has 268 valence electrons. The lowest BCUT2D eigenvalue weighted by Gasteiger charge is -2.17. The van der Waals surface area contributed by atoms with Crippen LogP contribution in [0.5, 0.6) is 0 Å². The highest BCUT2D eigenvalue weighted by atomic mass is 32.1. The summed E-state index contributed by atoms with van der Waals surface area (Å²) in [6.07, 6.45) is 0. The Balaban J connectivity index is 1.23. The van der Waals surface area contributed by atoms with E-state index in [2.05, 4.69) is 193 Å². The summed E-state index contributed by atoms with van der Waals surface area (Å²) >= 11 is 1.88. The van der Waals surface area contributed by atoms with Crippen molar-refractivity contribution in [3.63, 3.8) is 0 Å². The standard InChI is InChI=1S/C54H31N3S/c1-3-13-32(14-4-1)35-29-36(33-15-5-2-6-16-33)31-37(30-35)52-54(56-53-38-18-8-7-17-34(38)25-26-43(53)55-52)57-44-23-11-21-41-39-19-9-10-20-40(39)42-22-12-24-46-49(42)51-47(58-46)28-27-45(57)50(51)48(41)44/h1-31H. The van der Waals surface area contributed by atoms with Crippen LogP contribution >= 0.6 is 11.3 Å². The lowest BCUT2D eigenvalue weighted by molar-refractivity contribution is 1.08. The molecule has 3 nitrogen and oxygen atoms in total. The average molecular weight is 754 g/mol. The number of aromatic nitrogens is 3. The predicted molar refractivity (Wildman–Crippen MR) is 247 cm³/mol. The summed E-state index contributed by atoms with van der Waals surface area (Å²) < 4.78 is 5.01. The van der Waals surface area contributed by atoms with Crippen molar-refractivity contribution in [2.45, 2.75) is 0 Å². The molecular formula is C54H31N3S. The third-order valence-electron chi connectivity index (χ3n) is 12.1. The summed E-state index contributed by atoms with van der Waals surface area (Å²) in [6, 6.07) is 68.2. The SMILES string of the molecule is c1ccc(-c2cc(-c3ccccc3)cc(-c3nc4ccc5ccccc5c4nc3-n3c4cccc5c6ccccc6c6cccc7sc8ccc3c(c8c76)c54)c2)cc1. The topological polar surface area (TPSA) is 30.7 Å². The van der Waals surface area contributed by atoms with Crippen LogP contribution in [0.4, 0.5) is 0 Å². The molecule has 0 fully saturated rings. The van der Waals surface area contributed by atoms with E-state index in [1.165, 1.54) is 52.5 Å². The number of benzene rings is 9. The van der Waals surface area contributed by atoms with Crippen LogP contribution in [0.2, 0.25) is 0 Å². The van der Waals surface area contributed by atoms with Gasteiger partial charge in [0.15, 0.2) is 5.82 Å². The zero-order valence-corrected chi connectivity index (χ0v) is 32.0. The fraction of sp³-hybridized carbons (Fsp3) is 0. The molecule has 0 aliphatic heterocycles. The van der Waals surface area contributed by atoms with Gasteiger partial charge in [0.05, 0.1) is 22.1 Å². The first-order valence-corrected chi connectivity index (χ1v) is 20.6. The van der Waals surface area contributed by atoms with Crippen LogP contribution < -0.4 is 0 Å². The third-order valence-corrected chi connectivity index (χ3v) is 13.2. The van der Waals surface area contributed by atoms with E-state index in [9.17, 15) is 0 Å². The van der Waals surface area contributed by atoms with Crippen LogP contribution in [-0.2, 0) is 0 Å². The van der Waals surface area contributed by atoms with Gasteiger partial charge in [-0.2, -0.15) is 0 Å². The summed E-state index contributed by atoms with van der Waals surface area (Å²) in [5, 5.41) is 12.4. The molecule has 0 aliphatic carbocycles. The maximum atomic E-state index is 5.77. The molecule has 4 heteroatoms. The molecule has 10 aromatic carbocycles. The summed E-state index contributed by atoms with van der Waals surface area (Å²) in [5.41, 5.74) is 10.4. The molecule has 0 amide bonds. The number of hydrogen-bond donors (Lipinski definition) is 0. The second-order valence-electron chi connectivity index (χ2n) is 15.3. The summed E-state index contributed by atoms with van der Waals surface area (Å²) in [7, 11) is 0. The zero-order chi connectivity index (χ0) is 37.9. The maximum absolute atomic E-state index is 5.77. The minimum atomic E-state index is 0.817. The first-order valence-electron chi connectivity index (χ1n) is 19.7. The van der Waals surface area contributed by atoms with Crippen LogP contribution in [0.3, 0.4) is 0 Å². The second-order valence-corrected chi connectivity index (χ2v) is 16.4. The summed E-state index contributed by atoms with van der Waals surface area (Å²) in [5.74, 6) is 0.817. The third kappa shape index (κ3) is 4.49. The average Bonchev–Trinajstić information content (AvgIpc) is 3.84. The van der Waals surface area contributed by atoms with Gasteiger partial charge in [-0.1, -0.05) is 140 Å². The highest BCUT2D eigenvalue weighted by Gasteiger charge is 2.25. The van der Waals surface area contributed by atoms with Crippen LogP contribution in [0.15, 0.2) is 188 Å². The molecule has 0 atom stereocenters. The number of fused-ring (bicyclic) bond motifs is 6. The second kappa shape index (κ2) is 12.1. The van der Waals surface area contributed by atoms with Crippen molar-refractivity contribution in [1.82, 2.24) is 14.5 Å². The van der Waals surface area contributed by atoms with Gasteiger partial charge in [0.25, 0.3) is 0 Å². The summed E-state index contributed by atoms with van der Waals surface area (Å²) in [4.78, 5) is 11.4. The minimum Gasteiger partial charge on any atom is -0.292 e. The van der Waals surface area contributed by atoms with E-state index in [0.29, 0.717) is 0 Å². The Morgan fingerprint density at radius 3 is 1.69 bits per heavy atom. The maximum Gasteiger partial charge on any atom is 0.165 e. The first-order chi connectivity index (χ1) is 28.8. The molecule has 3 heterocycles. The Hall–Kier alpha value is -7.40. The van der Waals surface area contributed by atoms with Gasteiger partial charge in [0.2, 0.25) is 0 Å². The highest BCUT2D eigenvalue weighted by molar-refractivity contribution is 7.26. The van der Waals surface area contributed by atoms with E-state index in [1.807, 2.05) is 11.3 Å². The molecule has 13 rings (SSSR count). The van der Waals surface area contributed by atoms with Crippen molar-refractivity contribution in [3.8, 4) is 39.3 Å². The van der Waals surface area contributed by atoms with Crippen LogP contribution in [0.25, 0.3) is 125 Å². The molecule has 0 N–H and O–H groups in total. The molecular weight excluding hydrogens is 723 g/mol. The van der Waals surface area contributed by atoms with Crippen molar-refractivity contribution < 1.29 is 0 Å². The van der Waals surface area contributed by atoms with Crippen molar-refractivity contribution in [2.24, 2.45) is 0 Å². The number of thiophene rings is 1. The van der Waals surface area contributed by atoms with E-state index >= 15 is 0 Å². The number of nitrogens with zero attached hydrogens (tertiary/aromatic N) is 3. The van der Waals surface area contributed by atoms with Gasteiger partial charge in [0.1, 0.15) is 5.69 Å². The van der Waals surface area contributed by atoms with Gasteiger partial charge in [-0.15, -0.1) is 11.3 Å². The molecule has 0 spiro atoms. The quantitative estimate of drug-likeness (QED) is 0.168. The van der Waals surface area contributed by atoms with Crippen LogP contribution in [0, 0.1) is 0 Å². The molecule has 0 aliphatic rings. The van der Waals surface area contributed by atoms with Crippen molar-refractivity contribution >= 4 is 96.7 Å².